The highest BCUT2D eigenvalue weighted by molar-refractivity contribution is 9.10. The van der Waals surface area contributed by atoms with E-state index in [0.717, 1.165) is 21.1 Å². The number of fused-ring (bicyclic) bond motifs is 1. The van der Waals surface area contributed by atoms with Gasteiger partial charge >= 0.3 is 0 Å². The van der Waals surface area contributed by atoms with E-state index in [9.17, 15) is 0 Å². The summed E-state index contributed by atoms with van der Waals surface area (Å²) in [7, 11) is 0. The molecule has 4 nitrogen and oxygen atoms in total. The summed E-state index contributed by atoms with van der Waals surface area (Å²) in [4.78, 5) is 8.48. The van der Waals surface area contributed by atoms with E-state index in [2.05, 4.69) is 31.2 Å². The maximum Gasteiger partial charge on any atom is 0.141 e. The number of halogens is 2. The van der Waals surface area contributed by atoms with Gasteiger partial charge in [0.2, 0.25) is 0 Å². The van der Waals surface area contributed by atoms with E-state index in [1.165, 1.54) is 6.33 Å². The maximum atomic E-state index is 6.18. The summed E-state index contributed by atoms with van der Waals surface area (Å²) in [6.07, 6.45) is 1.50. The molecule has 2 aromatic carbocycles. The molecule has 0 aliphatic carbocycles. The smallest absolute Gasteiger partial charge is 0.141 e. The minimum absolute atomic E-state index is 0.621. The molecule has 0 atom stereocenters. The van der Waals surface area contributed by atoms with E-state index >= 15 is 0 Å². The molecule has 6 heteroatoms. The first-order valence-electron chi connectivity index (χ1n) is 5.86. The lowest BCUT2D eigenvalue weighted by molar-refractivity contribution is 1.22. The Labute approximate surface area is 129 Å². The Balaban J connectivity index is 2.09. The number of nitrogen functional groups attached to an aromatic ring is 1. The number of benzene rings is 2. The summed E-state index contributed by atoms with van der Waals surface area (Å²) in [6, 6.07) is 11.1. The Morgan fingerprint density at radius 3 is 2.80 bits per heavy atom. The van der Waals surface area contributed by atoms with Crippen LogP contribution in [0.15, 0.2) is 47.2 Å². The lowest BCUT2D eigenvalue weighted by atomic mass is 10.2. The molecule has 0 bridgehead atoms. The molecule has 0 aliphatic heterocycles. The van der Waals surface area contributed by atoms with Gasteiger partial charge in [0.1, 0.15) is 12.1 Å². The van der Waals surface area contributed by atoms with Crippen LogP contribution in [0.25, 0.3) is 10.9 Å². The molecule has 0 unspecified atom stereocenters. The van der Waals surface area contributed by atoms with Gasteiger partial charge in [-0.25, -0.2) is 9.97 Å². The van der Waals surface area contributed by atoms with Crippen LogP contribution >= 0.6 is 27.5 Å². The Morgan fingerprint density at radius 2 is 1.95 bits per heavy atom. The predicted octanol–water partition coefficient (Wildman–Crippen LogP) is 4.37. The highest BCUT2D eigenvalue weighted by Crippen LogP contribution is 2.30. The molecule has 1 aromatic heterocycles. The van der Waals surface area contributed by atoms with Crippen LogP contribution < -0.4 is 11.1 Å². The molecule has 3 N–H and O–H groups in total. The van der Waals surface area contributed by atoms with Crippen molar-refractivity contribution in [1.29, 1.82) is 0 Å². The number of hydrogen-bond acceptors (Lipinski definition) is 4. The number of anilines is 3. The molecule has 0 amide bonds. The average molecular weight is 350 g/mol. The average Bonchev–Trinajstić information content (AvgIpc) is 2.43. The topological polar surface area (TPSA) is 63.8 Å². The summed E-state index contributed by atoms with van der Waals surface area (Å²) in [5.74, 6) is 0.690. The Hall–Kier alpha value is -1.85. The molecule has 0 saturated heterocycles. The van der Waals surface area contributed by atoms with E-state index in [-0.39, 0.29) is 0 Å². The molecular weight excluding hydrogens is 340 g/mol. The van der Waals surface area contributed by atoms with Crippen molar-refractivity contribution in [2.45, 2.75) is 0 Å². The third-order valence-electron chi connectivity index (χ3n) is 2.84. The first-order chi connectivity index (χ1) is 9.63. The quantitative estimate of drug-likeness (QED) is 0.674. The normalized spacial score (nSPS) is 10.7. The van der Waals surface area contributed by atoms with Crippen molar-refractivity contribution in [2.75, 3.05) is 11.1 Å². The second-order valence-corrected chi connectivity index (χ2v) is 5.57. The van der Waals surface area contributed by atoms with Crippen LogP contribution in [0.4, 0.5) is 17.2 Å². The van der Waals surface area contributed by atoms with Crippen LogP contribution in [0.5, 0.6) is 0 Å². The minimum atomic E-state index is 0.621. The van der Waals surface area contributed by atoms with Gasteiger partial charge in [0.25, 0.3) is 0 Å². The van der Waals surface area contributed by atoms with Gasteiger partial charge in [-0.15, -0.1) is 0 Å². The standard InChI is InChI=1S/C14H10BrClN4/c15-8-1-4-11(16)13(5-8)20-14-10-3-2-9(17)6-12(10)18-7-19-14/h1-7H,17H2,(H,18,19,20). The molecule has 100 valence electrons. The fourth-order valence-electron chi connectivity index (χ4n) is 1.89. The number of nitrogens with one attached hydrogen (secondary N) is 1. The zero-order valence-corrected chi connectivity index (χ0v) is 12.6. The second kappa shape index (κ2) is 5.26. The Morgan fingerprint density at radius 1 is 1.10 bits per heavy atom. The largest absolute Gasteiger partial charge is 0.399 e. The number of nitrogens with zero attached hydrogens (tertiary/aromatic N) is 2. The molecule has 0 spiro atoms. The third kappa shape index (κ3) is 2.55. The maximum absolute atomic E-state index is 6.18. The summed E-state index contributed by atoms with van der Waals surface area (Å²) >= 11 is 9.60. The van der Waals surface area contributed by atoms with Crippen molar-refractivity contribution in [2.24, 2.45) is 0 Å². The summed E-state index contributed by atoms with van der Waals surface area (Å²) < 4.78 is 0.937. The van der Waals surface area contributed by atoms with E-state index in [1.54, 1.807) is 0 Å². The zero-order valence-electron chi connectivity index (χ0n) is 10.3. The van der Waals surface area contributed by atoms with Crippen LogP contribution in [-0.2, 0) is 0 Å². The number of rotatable bonds is 2. The Kier molecular flexibility index (Phi) is 3.46. The highest BCUT2D eigenvalue weighted by Gasteiger charge is 2.07. The van der Waals surface area contributed by atoms with Gasteiger partial charge in [0.15, 0.2) is 0 Å². The summed E-state index contributed by atoms with van der Waals surface area (Å²) in [5.41, 5.74) is 7.99. The van der Waals surface area contributed by atoms with Crippen LogP contribution in [-0.4, -0.2) is 9.97 Å². The molecule has 3 aromatic rings. The van der Waals surface area contributed by atoms with Gasteiger partial charge in [0, 0.05) is 15.5 Å². The SMILES string of the molecule is Nc1ccc2c(Nc3cc(Br)ccc3Cl)ncnc2c1. The van der Waals surface area contributed by atoms with Gasteiger partial charge in [-0.2, -0.15) is 0 Å². The van der Waals surface area contributed by atoms with Crippen molar-refractivity contribution in [3.8, 4) is 0 Å². The van der Waals surface area contributed by atoms with Gasteiger partial charge in [0.05, 0.1) is 16.2 Å². The van der Waals surface area contributed by atoms with E-state index in [4.69, 9.17) is 17.3 Å². The van der Waals surface area contributed by atoms with E-state index in [1.807, 2.05) is 36.4 Å². The predicted molar refractivity (Wildman–Crippen MR) is 86.4 cm³/mol. The monoisotopic (exact) mass is 348 g/mol. The van der Waals surface area contributed by atoms with Crippen LogP contribution in [0.3, 0.4) is 0 Å². The lowest BCUT2D eigenvalue weighted by Crippen LogP contribution is -1.97. The van der Waals surface area contributed by atoms with Crippen molar-refractivity contribution in [3.05, 3.63) is 52.2 Å². The van der Waals surface area contributed by atoms with Gasteiger partial charge in [-0.1, -0.05) is 27.5 Å². The molecule has 3 rings (SSSR count). The first kappa shape index (κ1) is 13.1. The molecule has 0 fully saturated rings. The fraction of sp³-hybridized carbons (Fsp3) is 0. The van der Waals surface area contributed by atoms with Crippen molar-refractivity contribution < 1.29 is 0 Å². The Bertz CT molecular complexity index is 791. The van der Waals surface area contributed by atoms with Crippen LogP contribution in [0, 0.1) is 0 Å². The van der Waals surface area contributed by atoms with Gasteiger partial charge < -0.3 is 11.1 Å². The zero-order chi connectivity index (χ0) is 14.1. The summed E-state index contributed by atoms with van der Waals surface area (Å²) in [6.45, 7) is 0. The molecular formula is C14H10BrClN4. The first-order valence-corrected chi connectivity index (χ1v) is 7.03. The minimum Gasteiger partial charge on any atom is -0.399 e. The van der Waals surface area contributed by atoms with E-state index in [0.29, 0.717) is 16.5 Å². The lowest BCUT2D eigenvalue weighted by Gasteiger charge is -2.10. The number of nitrogens with two attached hydrogens (primary N) is 1. The highest BCUT2D eigenvalue weighted by atomic mass is 79.9. The summed E-state index contributed by atoms with van der Waals surface area (Å²) in [5, 5.41) is 4.73. The molecule has 0 radical (unpaired) electrons. The molecule has 0 aliphatic rings. The third-order valence-corrected chi connectivity index (χ3v) is 3.66. The van der Waals surface area contributed by atoms with Crippen LogP contribution in [0.2, 0.25) is 5.02 Å². The molecule has 0 saturated carbocycles. The molecule has 1 heterocycles. The fourth-order valence-corrected chi connectivity index (χ4v) is 2.42. The van der Waals surface area contributed by atoms with Crippen molar-refractivity contribution in [3.63, 3.8) is 0 Å². The van der Waals surface area contributed by atoms with Crippen molar-refractivity contribution >= 4 is 55.6 Å². The second-order valence-electron chi connectivity index (χ2n) is 4.25. The van der Waals surface area contributed by atoms with Crippen LogP contribution in [0.1, 0.15) is 0 Å². The van der Waals surface area contributed by atoms with Gasteiger partial charge in [-0.3, -0.25) is 0 Å². The number of hydrogen-bond donors (Lipinski definition) is 2. The number of aromatic nitrogens is 2. The van der Waals surface area contributed by atoms with Crippen molar-refractivity contribution in [1.82, 2.24) is 9.97 Å². The van der Waals surface area contributed by atoms with E-state index < -0.39 is 0 Å². The van der Waals surface area contributed by atoms with Gasteiger partial charge in [-0.05, 0) is 36.4 Å². The molecule has 20 heavy (non-hydrogen) atoms.